The van der Waals surface area contributed by atoms with E-state index in [2.05, 4.69) is 19.6 Å². The summed E-state index contributed by atoms with van der Waals surface area (Å²) >= 11 is 4.60. The van der Waals surface area contributed by atoms with E-state index in [9.17, 15) is 4.57 Å². The Morgan fingerprint density at radius 3 is 1.52 bits per heavy atom. The van der Waals surface area contributed by atoms with Crippen LogP contribution in [0.1, 0.15) is 103 Å². The predicted octanol–water partition coefficient (Wildman–Crippen LogP) is 7.64. The van der Waals surface area contributed by atoms with Gasteiger partial charge in [-0.15, -0.1) is 0 Å². The van der Waals surface area contributed by atoms with E-state index in [1.807, 2.05) is 0 Å². The summed E-state index contributed by atoms with van der Waals surface area (Å²) < 4.78 is 21.9. The van der Waals surface area contributed by atoms with Gasteiger partial charge < -0.3 is 9.05 Å². The second-order valence-corrected chi connectivity index (χ2v) is 10.3. The van der Waals surface area contributed by atoms with Gasteiger partial charge in [0.15, 0.2) is 0 Å². The molecule has 0 N–H and O–H groups in total. The summed E-state index contributed by atoms with van der Waals surface area (Å²) in [5.41, 5.74) is 0. The van der Waals surface area contributed by atoms with E-state index in [1.54, 1.807) is 0 Å². The van der Waals surface area contributed by atoms with Gasteiger partial charge in [-0.2, -0.15) is 12.6 Å². The molecule has 0 aromatic heterocycles. The van der Waals surface area contributed by atoms with Crippen molar-refractivity contribution in [2.24, 2.45) is 0 Å². The molecule has 0 amide bonds. The fourth-order valence-electron chi connectivity index (χ4n) is 3.11. The topological polar surface area (TPSA) is 35.5 Å². The van der Waals surface area contributed by atoms with E-state index in [0.717, 1.165) is 12.8 Å². The molecule has 1 unspecified atom stereocenters. The van der Waals surface area contributed by atoms with Crippen molar-refractivity contribution in [3.05, 3.63) is 0 Å². The largest absolute Gasteiger partial charge is 0.330 e. The molecule has 0 rings (SSSR count). The van der Waals surface area contributed by atoms with Gasteiger partial charge >= 0.3 is 7.60 Å². The van der Waals surface area contributed by atoms with E-state index >= 15 is 0 Å². The van der Waals surface area contributed by atoms with E-state index in [1.165, 1.54) is 97.7 Å². The average Bonchev–Trinajstić information content (AvgIpc) is 2.63. The van der Waals surface area contributed by atoms with Crippen molar-refractivity contribution in [3.8, 4) is 0 Å². The zero-order valence-electron chi connectivity index (χ0n) is 17.0. The van der Waals surface area contributed by atoms with E-state index in [-0.39, 0.29) is 0 Å². The fraction of sp³-hybridized carbons (Fsp3) is 1.00. The highest BCUT2D eigenvalue weighted by Crippen LogP contribution is 2.47. The minimum Gasteiger partial charge on any atom is -0.312 e. The summed E-state index contributed by atoms with van der Waals surface area (Å²) in [4.78, 5) is 0. The predicted molar refractivity (Wildman–Crippen MR) is 114 cm³/mol. The maximum absolute atomic E-state index is 12.0. The molecule has 0 aromatic carbocycles. The Labute approximate surface area is 163 Å². The zero-order valence-corrected chi connectivity index (χ0v) is 18.8. The van der Waals surface area contributed by atoms with Crippen LogP contribution in [0.4, 0.5) is 0 Å². The smallest absolute Gasteiger partial charge is 0.312 e. The fourth-order valence-corrected chi connectivity index (χ4v) is 4.76. The van der Waals surface area contributed by atoms with Gasteiger partial charge in [-0.25, -0.2) is 0 Å². The molecule has 0 bridgehead atoms. The second kappa shape index (κ2) is 17.9. The van der Waals surface area contributed by atoms with Crippen LogP contribution in [0.5, 0.6) is 0 Å². The normalized spacial score (nSPS) is 13.3. The van der Waals surface area contributed by atoms with Gasteiger partial charge in [-0.1, -0.05) is 90.4 Å². The van der Waals surface area contributed by atoms with Crippen LogP contribution in [0.3, 0.4) is 0 Å². The highest BCUT2D eigenvalue weighted by molar-refractivity contribution is 7.81. The Hall–Kier alpha value is 0.500. The molecule has 152 valence electrons. The highest BCUT2D eigenvalue weighted by atomic mass is 32.1. The summed E-state index contributed by atoms with van der Waals surface area (Å²) in [5, 5.41) is 0.298. The third-order valence-electron chi connectivity index (χ3n) is 4.93. The summed E-state index contributed by atoms with van der Waals surface area (Å²) in [5.74, 6) is 0. The van der Waals surface area contributed by atoms with Crippen molar-refractivity contribution in [2.45, 2.75) is 108 Å². The van der Waals surface area contributed by atoms with Crippen molar-refractivity contribution in [3.63, 3.8) is 0 Å². The lowest BCUT2D eigenvalue weighted by Gasteiger charge is -2.16. The van der Waals surface area contributed by atoms with Crippen LogP contribution in [0.2, 0.25) is 0 Å². The van der Waals surface area contributed by atoms with Crippen LogP contribution < -0.4 is 0 Å². The first kappa shape index (κ1) is 25.5. The van der Waals surface area contributed by atoms with Crippen molar-refractivity contribution >= 4 is 20.2 Å². The van der Waals surface area contributed by atoms with Crippen LogP contribution in [-0.2, 0) is 13.6 Å². The molecule has 0 saturated carbocycles. The molecule has 0 aliphatic rings. The molecule has 1 atom stereocenters. The maximum atomic E-state index is 12.0. The van der Waals surface area contributed by atoms with Gasteiger partial charge in [0.2, 0.25) is 0 Å². The molecule has 5 heteroatoms. The van der Waals surface area contributed by atoms with Gasteiger partial charge in [-0.05, 0) is 12.8 Å². The molecule has 0 spiro atoms. The molecular formula is C20H43O3PS. The Balaban J connectivity index is 3.31. The number of rotatable bonds is 19. The van der Waals surface area contributed by atoms with Crippen LogP contribution in [0.15, 0.2) is 0 Å². The quantitative estimate of drug-likeness (QED) is 0.139. The van der Waals surface area contributed by atoms with Crippen molar-refractivity contribution < 1.29 is 13.6 Å². The molecule has 0 fully saturated rings. The lowest BCUT2D eigenvalue weighted by molar-refractivity contribution is 0.275. The van der Waals surface area contributed by atoms with Gasteiger partial charge in [0, 0.05) is 19.5 Å². The first-order chi connectivity index (χ1) is 12.1. The maximum Gasteiger partial charge on any atom is 0.330 e. The van der Waals surface area contributed by atoms with Crippen LogP contribution in [0, 0.1) is 0 Å². The summed E-state index contributed by atoms with van der Waals surface area (Å²) in [6, 6.07) is 0. The number of hydrogen-bond donors (Lipinski definition) is 1. The van der Waals surface area contributed by atoms with Crippen LogP contribution >= 0.6 is 20.2 Å². The first-order valence-corrected chi connectivity index (χ1v) is 12.7. The van der Waals surface area contributed by atoms with Gasteiger partial charge in [0.25, 0.3) is 0 Å². The van der Waals surface area contributed by atoms with E-state index in [4.69, 9.17) is 9.05 Å². The molecule has 3 nitrogen and oxygen atoms in total. The van der Waals surface area contributed by atoms with Crippen molar-refractivity contribution in [1.29, 1.82) is 0 Å². The molecule has 25 heavy (non-hydrogen) atoms. The van der Waals surface area contributed by atoms with E-state index in [0.29, 0.717) is 11.4 Å². The third kappa shape index (κ3) is 16.4. The van der Waals surface area contributed by atoms with Crippen LogP contribution in [-0.4, -0.2) is 25.6 Å². The summed E-state index contributed by atoms with van der Waals surface area (Å²) in [6.07, 6.45) is 20.3. The second-order valence-electron chi connectivity index (χ2n) is 7.17. The molecule has 0 aromatic rings. The number of hydrogen-bond acceptors (Lipinski definition) is 4. The zero-order chi connectivity index (χ0) is 18.8. The lowest BCUT2D eigenvalue weighted by atomic mass is 10.0. The van der Waals surface area contributed by atoms with Crippen molar-refractivity contribution in [2.75, 3.05) is 20.4 Å². The Morgan fingerprint density at radius 2 is 1.12 bits per heavy atom. The molecule has 0 saturated heterocycles. The van der Waals surface area contributed by atoms with E-state index < -0.39 is 7.60 Å². The molecular weight excluding hydrogens is 351 g/mol. The van der Waals surface area contributed by atoms with Gasteiger partial charge in [0.1, 0.15) is 0 Å². The standard InChI is InChI=1S/C20H43O3PS/c1-4-5-6-7-8-9-10-11-12-13-14-15-16-17-20(25)18-19-24(21,22-2)23-3/h20,25H,4-19H2,1-3H3. The van der Waals surface area contributed by atoms with Crippen LogP contribution in [0.25, 0.3) is 0 Å². The van der Waals surface area contributed by atoms with Gasteiger partial charge in [-0.3, -0.25) is 4.57 Å². The average molecular weight is 395 g/mol. The molecule has 0 radical (unpaired) electrons. The molecule has 0 aliphatic carbocycles. The van der Waals surface area contributed by atoms with Crippen molar-refractivity contribution in [1.82, 2.24) is 0 Å². The number of thiol groups is 1. The monoisotopic (exact) mass is 394 g/mol. The highest BCUT2D eigenvalue weighted by Gasteiger charge is 2.21. The Morgan fingerprint density at radius 1 is 0.720 bits per heavy atom. The molecule has 0 heterocycles. The summed E-state index contributed by atoms with van der Waals surface area (Å²) in [7, 11) is 0.0417. The SMILES string of the molecule is CCCCCCCCCCCCCCCC(S)CCP(=O)(OC)OC. The lowest BCUT2D eigenvalue weighted by Crippen LogP contribution is -2.04. The Bertz CT molecular complexity index is 318. The first-order valence-electron chi connectivity index (χ1n) is 10.5. The minimum atomic E-state index is -2.86. The van der Waals surface area contributed by atoms with Gasteiger partial charge in [0.05, 0.1) is 6.16 Å². The molecule has 0 aliphatic heterocycles. The third-order valence-corrected chi connectivity index (χ3v) is 7.37. The summed E-state index contributed by atoms with van der Waals surface area (Å²) in [6.45, 7) is 2.28. The number of unbranched alkanes of at least 4 members (excludes halogenated alkanes) is 12. The Kier molecular flexibility index (Phi) is 18.2. The minimum absolute atomic E-state index is 0.298.